The van der Waals surface area contributed by atoms with E-state index >= 15 is 0 Å². The number of amides is 1. The van der Waals surface area contributed by atoms with Gasteiger partial charge in [-0.1, -0.05) is 27.0 Å². The molecule has 8 heteroatoms. The molecule has 0 radical (unpaired) electrons. The molecule has 2 saturated heterocycles. The molecule has 0 aromatic rings. The number of rotatable bonds is 11. The maximum Gasteiger partial charge on any atom is 0.410 e. The van der Waals surface area contributed by atoms with Crippen molar-refractivity contribution in [1.82, 2.24) is 24.7 Å². The maximum absolute atomic E-state index is 12.6. The molecule has 0 saturated carbocycles. The molecule has 0 aromatic heterocycles. The highest BCUT2D eigenvalue weighted by Gasteiger charge is 2.39. The van der Waals surface area contributed by atoms with Gasteiger partial charge in [-0.15, -0.1) is 0 Å². The van der Waals surface area contributed by atoms with Crippen LogP contribution in [0.3, 0.4) is 0 Å². The fourth-order valence-electron chi connectivity index (χ4n) is 5.62. The van der Waals surface area contributed by atoms with E-state index in [-0.39, 0.29) is 11.6 Å². The molecule has 0 N–H and O–H groups in total. The zero-order valence-electron chi connectivity index (χ0n) is 25.8. The Bertz CT molecular complexity index is 837. The first-order valence-corrected chi connectivity index (χ1v) is 14.4. The Hall–Kier alpha value is -2.03. The van der Waals surface area contributed by atoms with E-state index in [0.29, 0.717) is 19.1 Å². The van der Waals surface area contributed by atoms with Crippen LogP contribution < -0.4 is 0 Å². The number of hydrazine groups is 1. The fourth-order valence-corrected chi connectivity index (χ4v) is 5.62. The summed E-state index contributed by atoms with van der Waals surface area (Å²) in [6.07, 6.45) is 4.49. The molecule has 8 nitrogen and oxygen atoms in total. The van der Waals surface area contributed by atoms with Crippen molar-refractivity contribution in [1.29, 1.82) is 0 Å². The van der Waals surface area contributed by atoms with Crippen LogP contribution in [0.4, 0.5) is 4.79 Å². The molecule has 2 aliphatic heterocycles. The number of piperidine rings is 1. The van der Waals surface area contributed by atoms with Gasteiger partial charge in [-0.2, -0.15) is 0 Å². The van der Waals surface area contributed by atoms with Crippen LogP contribution in [-0.2, 0) is 9.47 Å². The molecule has 2 heterocycles. The van der Waals surface area contributed by atoms with Crippen molar-refractivity contribution in [2.45, 2.75) is 91.8 Å². The van der Waals surface area contributed by atoms with Gasteiger partial charge in [0.15, 0.2) is 0 Å². The molecule has 218 valence electrons. The van der Waals surface area contributed by atoms with E-state index in [1.165, 1.54) is 5.57 Å². The number of likely N-dealkylation sites (N-methyl/N-ethyl adjacent to an activating group) is 2. The Labute approximate surface area is 232 Å². The minimum Gasteiger partial charge on any atom is -0.444 e. The number of hydrogen-bond donors (Lipinski definition) is 0. The number of likely N-dealkylation sites (tertiary alicyclic amines) is 1. The van der Waals surface area contributed by atoms with E-state index < -0.39 is 5.60 Å². The number of hydrogen-bond acceptors (Lipinski definition) is 7. The first-order valence-electron chi connectivity index (χ1n) is 14.4. The van der Waals surface area contributed by atoms with Crippen molar-refractivity contribution in [3.63, 3.8) is 0 Å². The summed E-state index contributed by atoms with van der Waals surface area (Å²) in [5.74, 6) is 0. The monoisotopic (exact) mass is 533 g/mol. The maximum atomic E-state index is 12.6. The van der Waals surface area contributed by atoms with Crippen molar-refractivity contribution < 1.29 is 14.3 Å². The summed E-state index contributed by atoms with van der Waals surface area (Å²) in [6.45, 7) is 32.0. The number of morpholine rings is 1. The van der Waals surface area contributed by atoms with Crippen LogP contribution in [0, 0.1) is 0 Å². The van der Waals surface area contributed by atoms with E-state index in [2.05, 4.69) is 74.6 Å². The lowest BCUT2D eigenvalue weighted by atomic mass is 9.86. The standard InChI is InChI=1S/C30H55N5O3/c1-12-30(10,24(5)27(32(13-2)14-3)25(6)33-20-22-37-23-21-33)31(11)35(15-4)26-16-18-34(19-17-26)28(36)38-29(7,8)9/h13,26H,2,6,12,14-23H2,1,3-5,7-11H3/b27-24-. The number of nitrogens with zero attached hydrogens (tertiary/aromatic N) is 5. The Morgan fingerprint density at radius 3 is 2.05 bits per heavy atom. The van der Waals surface area contributed by atoms with Gasteiger partial charge in [-0.25, -0.2) is 14.8 Å². The molecule has 0 spiro atoms. The Balaban J connectivity index is 2.33. The van der Waals surface area contributed by atoms with E-state index in [1.54, 1.807) is 0 Å². The van der Waals surface area contributed by atoms with E-state index in [4.69, 9.17) is 9.47 Å². The molecule has 1 amide bonds. The van der Waals surface area contributed by atoms with Crippen LogP contribution in [-0.4, -0.2) is 108 Å². The molecule has 0 bridgehead atoms. The van der Waals surface area contributed by atoms with Crippen LogP contribution in [0.5, 0.6) is 0 Å². The zero-order valence-corrected chi connectivity index (χ0v) is 25.8. The van der Waals surface area contributed by atoms with Crippen molar-refractivity contribution >= 4 is 6.09 Å². The van der Waals surface area contributed by atoms with Gasteiger partial charge in [-0.05, 0) is 72.6 Å². The second-order valence-corrected chi connectivity index (χ2v) is 11.6. The molecule has 0 aromatic carbocycles. The van der Waals surface area contributed by atoms with Crippen LogP contribution in [0.15, 0.2) is 36.3 Å². The smallest absolute Gasteiger partial charge is 0.410 e. The number of carbonyl (C=O) groups is 1. The van der Waals surface area contributed by atoms with Gasteiger partial charge in [-0.3, -0.25) is 0 Å². The molecule has 2 fully saturated rings. The first kappa shape index (κ1) is 32.2. The lowest BCUT2D eigenvalue weighted by Crippen LogP contribution is -2.60. The average molecular weight is 534 g/mol. The molecule has 38 heavy (non-hydrogen) atoms. The van der Waals surface area contributed by atoms with Gasteiger partial charge in [0, 0.05) is 52.4 Å². The topological polar surface area (TPSA) is 51.7 Å². The molecular formula is C30H55N5O3. The minimum absolute atomic E-state index is 0.208. The van der Waals surface area contributed by atoms with Gasteiger partial charge in [0.05, 0.1) is 30.1 Å². The van der Waals surface area contributed by atoms with Crippen molar-refractivity contribution in [3.05, 3.63) is 36.3 Å². The van der Waals surface area contributed by atoms with Crippen LogP contribution in [0.25, 0.3) is 0 Å². The Morgan fingerprint density at radius 2 is 1.61 bits per heavy atom. The summed E-state index contributed by atoms with van der Waals surface area (Å²) in [5.41, 5.74) is 2.76. The molecule has 2 rings (SSSR count). The third-order valence-electron chi connectivity index (χ3n) is 8.33. The predicted molar refractivity (Wildman–Crippen MR) is 156 cm³/mol. The van der Waals surface area contributed by atoms with Gasteiger partial charge in [0.25, 0.3) is 0 Å². The van der Waals surface area contributed by atoms with Gasteiger partial charge in [0.1, 0.15) is 5.60 Å². The fraction of sp³-hybridized carbons (Fsp3) is 0.767. The van der Waals surface area contributed by atoms with E-state index in [9.17, 15) is 4.79 Å². The quantitative estimate of drug-likeness (QED) is 0.264. The molecule has 2 aliphatic rings. The van der Waals surface area contributed by atoms with Crippen LogP contribution >= 0.6 is 0 Å². The normalized spacial score (nSPS) is 19.8. The molecule has 1 atom stereocenters. The molecule has 0 aliphatic carbocycles. The third kappa shape index (κ3) is 7.54. The van der Waals surface area contributed by atoms with E-state index in [1.807, 2.05) is 31.9 Å². The third-order valence-corrected chi connectivity index (χ3v) is 8.33. The van der Waals surface area contributed by atoms with E-state index in [0.717, 1.165) is 70.0 Å². The Morgan fingerprint density at radius 1 is 1.03 bits per heavy atom. The summed E-state index contributed by atoms with van der Waals surface area (Å²) in [5, 5.41) is 4.94. The average Bonchev–Trinajstić information content (AvgIpc) is 2.90. The van der Waals surface area contributed by atoms with Crippen molar-refractivity contribution in [2.75, 3.05) is 59.5 Å². The summed E-state index contributed by atoms with van der Waals surface area (Å²) in [7, 11) is 2.22. The lowest BCUT2D eigenvalue weighted by Gasteiger charge is -2.51. The minimum atomic E-state index is -0.475. The van der Waals surface area contributed by atoms with Crippen LogP contribution in [0.1, 0.15) is 74.7 Å². The number of carbonyl (C=O) groups excluding carboxylic acids is 1. The number of ether oxygens (including phenoxy) is 2. The van der Waals surface area contributed by atoms with Crippen LogP contribution in [0.2, 0.25) is 0 Å². The summed E-state index contributed by atoms with van der Waals surface area (Å²) < 4.78 is 11.2. The van der Waals surface area contributed by atoms with Gasteiger partial charge in [0.2, 0.25) is 0 Å². The largest absolute Gasteiger partial charge is 0.444 e. The second-order valence-electron chi connectivity index (χ2n) is 11.6. The molecular weight excluding hydrogens is 478 g/mol. The SMILES string of the molecule is C=CN(CC)/C(C(=C)N1CCOCC1)=C(/C)C(C)(CC)N(C)N(CC)C1CCN(C(=O)OC(C)(C)C)CC1. The van der Waals surface area contributed by atoms with Gasteiger partial charge >= 0.3 is 6.09 Å². The highest BCUT2D eigenvalue weighted by Crippen LogP contribution is 2.36. The highest BCUT2D eigenvalue weighted by molar-refractivity contribution is 5.68. The Kier molecular flexibility index (Phi) is 11.7. The summed E-state index contributed by atoms with van der Waals surface area (Å²) in [6, 6.07) is 0.356. The van der Waals surface area contributed by atoms with Crippen molar-refractivity contribution in [2.24, 2.45) is 0 Å². The molecule has 1 unspecified atom stereocenters. The van der Waals surface area contributed by atoms with Gasteiger partial charge < -0.3 is 24.2 Å². The second kappa shape index (κ2) is 13.9. The predicted octanol–water partition coefficient (Wildman–Crippen LogP) is 5.31. The highest BCUT2D eigenvalue weighted by atomic mass is 16.6. The lowest BCUT2D eigenvalue weighted by molar-refractivity contribution is -0.108. The summed E-state index contributed by atoms with van der Waals surface area (Å²) in [4.78, 5) is 19.0. The zero-order chi connectivity index (χ0) is 28.7. The van der Waals surface area contributed by atoms with Crippen molar-refractivity contribution in [3.8, 4) is 0 Å². The first-order chi connectivity index (χ1) is 17.8. The summed E-state index contributed by atoms with van der Waals surface area (Å²) >= 11 is 0.